The van der Waals surface area contributed by atoms with Gasteiger partial charge in [-0.05, 0) is 24.6 Å². The van der Waals surface area contributed by atoms with E-state index in [0.29, 0.717) is 15.4 Å². The number of nitrogens with zero attached hydrogens (tertiary/aromatic N) is 3. The maximum absolute atomic E-state index is 6.21. The molecule has 0 saturated heterocycles. The number of benzene rings is 1. The van der Waals surface area contributed by atoms with Crippen LogP contribution < -0.4 is 0 Å². The first-order valence-electron chi connectivity index (χ1n) is 5.60. The van der Waals surface area contributed by atoms with Crippen molar-refractivity contribution in [2.24, 2.45) is 0 Å². The monoisotopic (exact) mass is 347 g/mol. The quantitative estimate of drug-likeness (QED) is 0.758. The SMILES string of the molecule is CCCn1c(CBr)nnc1-c1ccc(Cl)cc1Cl. The Morgan fingerprint density at radius 2 is 2.06 bits per heavy atom. The lowest BCUT2D eigenvalue weighted by molar-refractivity contribution is 0.661. The molecule has 0 aliphatic carbocycles. The summed E-state index contributed by atoms with van der Waals surface area (Å²) in [5.41, 5.74) is 0.856. The molecule has 3 nitrogen and oxygen atoms in total. The van der Waals surface area contributed by atoms with Crippen LogP contribution in [0.4, 0.5) is 0 Å². The number of aromatic nitrogens is 3. The van der Waals surface area contributed by atoms with Crippen LogP contribution in [-0.4, -0.2) is 14.8 Å². The lowest BCUT2D eigenvalue weighted by Gasteiger charge is -2.09. The van der Waals surface area contributed by atoms with Crippen LogP contribution in [-0.2, 0) is 11.9 Å². The molecule has 2 aromatic rings. The van der Waals surface area contributed by atoms with Gasteiger partial charge < -0.3 is 4.57 Å². The highest BCUT2D eigenvalue weighted by molar-refractivity contribution is 9.08. The zero-order chi connectivity index (χ0) is 13.1. The van der Waals surface area contributed by atoms with Crippen molar-refractivity contribution in [2.75, 3.05) is 0 Å². The lowest BCUT2D eigenvalue weighted by Crippen LogP contribution is -2.04. The van der Waals surface area contributed by atoms with Gasteiger partial charge in [-0.25, -0.2) is 0 Å². The Labute approximate surface area is 124 Å². The van der Waals surface area contributed by atoms with E-state index in [9.17, 15) is 0 Å². The molecule has 0 amide bonds. The van der Waals surface area contributed by atoms with Crippen molar-refractivity contribution in [3.63, 3.8) is 0 Å². The minimum absolute atomic E-state index is 0.591. The maximum Gasteiger partial charge on any atom is 0.165 e. The average molecular weight is 349 g/mol. The van der Waals surface area contributed by atoms with E-state index in [0.717, 1.165) is 30.2 Å². The third kappa shape index (κ3) is 2.71. The Morgan fingerprint density at radius 3 is 2.67 bits per heavy atom. The third-order valence-corrected chi connectivity index (χ3v) is 3.62. The van der Waals surface area contributed by atoms with Crippen molar-refractivity contribution in [2.45, 2.75) is 25.2 Å². The summed E-state index contributed by atoms with van der Waals surface area (Å²) in [5.74, 6) is 1.69. The summed E-state index contributed by atoms with van der Waals surface area (Å²) in [5, 5.41) is 10.3. The van der Waals surface area contributed by atoms with Crippen LogP contribution >= 0.6 is 39.1 Å². The van der Waals surface area contributed by atoms with Crippen molar-refractivity contribution < 1.29 is 0 Å². The molecule has 0 aliphatic heterocycles. The Morgan fingerprint density at radius 1 is 1.28 bits per heavy atom. The largest absolute Gasteiger partial charge is 0.310 e. The molecule has 2 rings (SSSR count). The molecule has 0 atom stereocenters. The van der Waals surface area contributed by atoms with Crippen molar-refractivity contribution in [3.8, 4) is 11.4 Å². The van der Waals surface area contributed by atoms with Gasteiger partial charge in [-0.1, -0.05) is 46.1 Å². The molecule has 0 saturated carbocycles. The smallest absolute Gasteiger partial charge is 0.165 e. The van der Waals surface area contributed by atoms with Gasteiger partial charge in [0, 0.05) is 17.1 Å². The van der Waals surface area contributed by atoms with Crippen molar-refractivity contribution in [1.29, 1.82) is 0 Å². The minimum atomic E-state index is 0.591. The second kappa shape index (κ2) is 6.04. The topological polar surface area (TPSA) is 30.7 Å². The van der Waals surface area contributed by atoms with Gasteiger partial charge >= 0.3 is 0 Å². The predicted molar refractivity (Wildman–Crippen MR) is 78.4 cm³/mol. The molecule has 0 bridgehead atoms. The van der Waals surface area contributed by atoms with E-state index in [1.54, 1.807) is 6.07 Å². The molecule has 1 heterocycles. The normalized spacial score (nSPS) is 10.9. The molecule has 0 radical (unpaired) electrons. The number of halogens is 3. The summed E-state index contributed by atoms with van der Waals surface area (Å²) in [7, 11) is 0. The molecule has 1 aromatic carbocycles. The number of hydrogen-bond donors (Lipinski definition) is 0. The average Bonchev–Trinajstić information content (AvgIpc) is 2.73. The van der Waals surface area contributed by atoms with Crippen molar-refractivity contribution in [3.05, 3.63) is 34.1 Å². The van der Waals surface area contributed by atoms with Crippen LogP contribution in [0, 0.1) is 0 Å². The van der Waals surface area contributed by atoms with Gasteiger partial charge in [-0.2, -0.15) is 0 Å². The van der Waals surface area contributed by atoms with E-state index in [-0.39, 0.29) is 0 Å². The summed E-state index contributed by atoms with van der Waals surface area (Å²) in [6.45, 7) is 2.98. The Kier molecular flexibility index (Phi) is 4.65. The van der Waals surface area contributed by atoms with E-state index in [1.807, 2.05) is 12.1 Å². The van der Waals surface area contributed by atoms with Crippen LogP contribution in [0.15, 0.2) is 18.2 Å². The molecule has 0 aliphatic rings. The standard InChI is InChI=1S/C12H12BrCl2N3/c1-2-5-18-11(7-13)16-17-12(18)9-4-3-8(14)6-10(9)15/h3-4,6H,2,5,7H2,1H3. The molecule has 18 heavy (non-hydrogen) atoms. The van der Waals surface area contributed by atoms with Crippen molar-refractivity contribution in [1.82, 2.24) is 14.8 Å². The highest BCUT2D eigenvalue weighted by Gasteiger charge is 2.15. The second-order valence-electron chi connectivity index (χ2n) is 3.85. The second-order valence-corrected chi connectivity index (χ2v) is 5.25. The zero-order valence-electron chi connectivity index (χ0n) is 9.83. The summed E-state index contributed by atoms with van der Waals surface area (Å²) in [6, 6.07) is 5.40. The van der Waals surface area contributed by atoms with Crippen LogP contribution in [0.25, 0.3) is 11.4 Å². The Balaban J connectivity index is 2.52. The van der Waals surface area contributed by atoms with Crippen LogP contribution in [0.3, 0.4) is 0 Å². The van der Waals surface area contributed by atoms with Gasteiger partial charge in [-0.15, -0.1) is 10.2 Å². The summed E-state index contributed by atoms with van der Waals surface area (Å²) in [6.07, 6.45) is 1.01. The first kappa shape index (κ1) is 13.8. The fourth-order valence-electron chi connectivity index (χ4n) is 1.76. The lowest BCUT2D eigenvalue weighted by atomic mass is 10.2. The maximum atomic E-state index is 6.21. The molecule has 6 heteroatoms. The van der Waals surface area contributed by atoms with Gasteiger partial charge in [0.1, 0.15) is 5.82 Å². The zero-order valence-corrected chi connectivity index (χ0v) is 12.9. The summed E-state index contributed by atoms with van der Waals surface area (Å²) >= 11 is 15.5. The number of hydrogen-bond acceptors (Lipinski definition) is 2. The van der Waals surface area contributed by atoms with Gasteiger partial charge in [0.05, 0.1) is 10.4 Å². The number of rotatable bonds is 4. The molecule has 0 spiro atoms. The molecule has 0 unspecified atom stereocenters. The van der Waals surface area contributed by atoms with Crippen molar-refractivity contribution >= 4 is 39.1 Å². The van der Waals surface area contributed by atoms with Gasteiger partial charge in [0.15, 0.2) is 5.82 Å². The fraction of sp³-hybridized carbons (Fsp3) is 0.333. The van der Waals surface area contributed by atoms with E-state index in [1.165, 1.54) is 0 Å². The minimum Gasteiger partial charge on any atom is -0.310 e. The van der Waals surface area contributed by atoms with E-state index in [2.05, 4.69) is 37.6 Å². The first-order chi connectivity index (χ1) is 8.67. The summed E-state index contributed by atoms with van der Waals surface area (Å²) in [4.78, 5) is 0. The van der Waals surface area contributed by atoms with Gasteiger partial charge in [-0.3, -0.25) is 0 Å². The Bertz CT molecular complexity index is 554. The third-order valence-electron chi connectivity index (χ3n) is 2.57. The molecule has 1 aromatic heterocycles. The van der Waals surface area contributed by atoms with Crippen LogP contribution in [0.5, 0.6) is 0 Å². The highest BCUT2D eigenvalue weighted by Crippen LogP contribution is 2.30. The molecule has 96 valence electrons. The van der Waals surface area contributed by atoms with E-state index >= 15 is 0 Å². The molecular formula is C12H12BrCl2N3. The fourth-order valence-corrected chi connectivity index (χ4v) is 2.67. The number of alkyl halides is 1. The van der Waals surface area contributed by atoms with Gasteiger partial charge in [0.2, 0.25) is 0 Å². The molecule has 0 fully saturated rings. The van der Waals surface area contributed by atoms with Crippen LogP contribution in [0.1, 0.15) is 19.2 Å². The summed E-state index contributed by atoms with van der Waals surface area (Å²) < 4.78 is 2.07. The Hall–Kier alpha value is -0.580. The highest BCUT2D eigenvalue weighted by atomic mass is 79.9. The van der Waals surface area contributed by atoms with Gasteiger partial charge in [0.25, 0.3) is 0 Å². The van der Waals surface area contributed by atoms with E-state index < -0.39 is 0 Å². The van der Waals surface area contributed by atoms with Crippen LogP contribution in [0.2, 0.25) is 10.0 Å². The van der Waals surface area contributed by atoms with E-state index in [4.69, 9.17) is 23.2 Å². The molecule has 0 N–H and O–H groups in total. The predicted octanol–water partition coefficient (Wildman–Crippen LogP) is 4.56. The first-order valence-corrected chi connectivity index (χ1v) is 7.48. The molecular weight excluding hydrogens is 337 g/mol.